The molecule has 2 atom stereocenters. The average Bonchev–Trinajstić information content (AvgIpc) is 2.91. The number of ketones is 4. The Morgan fingerprint density at radius 2 is 1.35 bits per heavy atom. The minimum Gasteiger partial charge on any atom is -0.299 e. The summed E-state index contributed by atoms with van der Waals surface area (Å²) in [7, 11) is 0. The second-order valence-corrected chi connectivity index (χ2v) is 7.01. The van der Waals surface area contributed by atoms with E-state index in [1.54, 1.807) is 24.3 Å². The second-order valence-electron chi connectivity index (χ2n) is 7.01. The van der Waals surface area contributed by atoms with Gasteiger partial charge in [0.1, 0.15) is 11.6 Å². The van der Waals surface area contributed by atoms with Crippen molar-refractivity contribution in [2.24, 2.45) is 17.8 Å². The molecule has 0 saturated heterocycles. The summed E-state index contributed by atoms with van der Waals surface area (Å²) >= 11 is 0. The van der Waals surface area contributed by atoms with Crippen molar-refractivity contribution in [3.8, 4) is 0 Å². The number of hydrogen-bond acceptors (Lipinski definition) is 4. The molecule has 1 saturated carbocycles. The summed E-state index contributed by atoms with van der Waals surface area (Å²) in [6.45, 7) is 0. The molecule has 0 bridgehead atoms. The minimum atomic E-state index is -0.966. The van der Waals surface area contributed by atoms with Crippen molar-refractivity contribution in [2.45, 2.75) is 19.3 Å². The number of fused-ring (bicyclic) bond motifs is 1. The fraction of sp³-hybridized carbons (Fsp3) is 0.273. The van der Waals surface area contributed by atoms with Gasteiger partial charge in [-0.15, -0.1) is 0 Å². The van der Waals surface area contributed by atoms with E-state index < -0.39 is 17.8 Å². The molecule has 0 radical (unpaired) electrons. The number of carbonyl (C=O) groups is 4. The third-order valence-electron chi connectivity index (χ3n) is 5.51. The maximum absolute atomic E-state index is 13.0. The Kier molecular flexibility index (Phi) is 4.11. The molecule has 2 aliphatic rings. The van der Waals surface area contributed by atoms with Gasteiger partial charge in [-0.3, -0.25) is 19.2 Å². The van der Waals surface area contributed by atoms with Crippen molar-refractivity contribution >= 4 is 23.1 Å². The monoisotopic (exact) mass is 346 g/mol. The molecule has 0 aliphatic heterocycles. The first-order valence-corrected chi connectivity index (χ1v) is 8.85. The van der Waals surface area contributed by atoms with Crippen LogP contribution in [-0.2, 0) is 16.0 Å². The summed E-state index contributed by atoms with van der Waals surface area (Å²) in [4.78, 5) is 50.9. The van der Waals surface area contributed by atoms with E-state index in [9.17, 15) is 19.2 Å². The zero-order valence-electron chi connectivity index (χ0n) is 14.2. The Labute approximate surface area is 151 Å². The van der Waals surface area contributed by atoms with Crippen molar-refractivity contribution in [1.29, 1.82) is 0 Å². The maximum Gasteiger partial charge on any atom is 0.175 e. The first-order valence-electron chi connectivity index (χ1n) is 8.85. The molecule has 0 spiro atoms. The first-order chi connectivity index (χ1) is 12.6. The van der Waals surface area contributed by atoms with Gasteiger partial charge in [0.05, 0.1) is 11.8 Å². The molecule has 2 aromatic carbocycles. The lowest BCUT2D eigenvalue weighted by Gasteiger charge is -2.29. The van der Waals surface area contributed by atoms with E-state index in [1.165, 1.54) is 0 Å². The third-order valence-corrected chi connectivity index (χ3v) is 5.51. The summed E-state index contributed by atoms with van der Waals surface area (Å²) in [6.07, 6.45) is 0.845. The molecule has 0 aromatic heterocycles. The maximum atomic E-state index is 13.0. The van der Waals surface area contributed by atoms with E-state index in [-0.39, 0.29) is 36.0 Å². The van der Waals surface area contributed by atoms with Gasteiger partial charge in [-0.25, -0.2) is 0 Å². The lowest BCUT2D eigenvalue weighted by Crippen LogP contribution is -2.42. The molecule has 4 rings (SSSR count). The SMILES string of the molecule is O=C1CCC(C2C(=O)c3ccccc3C2=O)C(=O)C1Cc1ccccc1. The molecule has 1 fully saturated rings. The lowest BCUT2D eigenvalue weighted by molar-refractivity contribution is -0.139. The highest BCUT2D eigenvalue weighted by Gasteiger charge is 2.49. The molecule has 0 N–H and O–H groups in total. The molecule has 4 nitrogen and oxygen atoms in total. The van der Waals surface area contributed by atoms with Crippen LogP contribution in [0.15, 0.2) is 54.6 Å². The van der Waals surface area contributed by atoms with Crippen LogP contribution in [0, 0.1) is 17.8 Å². The summed E-state index contributed by atoms with van der Waals surface area (Å²) < 4.78 is 0. The summed E-state index contributed by atoms with van der Waals surface area (Å²) in [5.41, 5.74) is 1.70. The normalized spacial score (nSPS) is 23.4. The van der Waals surface area contributed by atoms with E-state index in [1.807, 2.05) is 30.3 Å². The molecular weight excluding hydrogens is 328 g/mol. The number of carbonyl (C=O) groups excluding carboxylic acids is 4. The number of benzene rings is 2. The molecule has 0 heterocycles. The largest absolute Gasteiger partial charge is 0.299 e. The molecular formula is C22H18O4. The third kappa shape index (κ3) is 2.62. The van der Waals surface area contributed by atoms with Gasteiger partial charge in [0, 0.05) is 23.5 Å². The highest BCUT2D eigenvalue weighted by Crippen LogP contribution is 2.38. The van der Waals surface area contributed by atoms with Crippen LogP contribution >= 0.6 is 0 Å². The van der Waals surface area contributed by atoms with E-state index in [4.69, 9.17) is 0 Å². The van der Waals surface area contributed by atoms with Crippen molar-refractivity contribution in [2.75, 3.05) is 0 Å². The van der Waals surface area contributed by atoms with Crippen molar-refractivity contribution in [3.63, 3.8) is 0 Å². The molecule has 130 valence electrons. The molecule has 2 aromatic rings. The average molecular weight is 346 g/mol. The summed E-state index contributed by atoms with van der Waals surface area (Å²) in [5.74, 6) is -3.34. The molecule has 26 heavy (non-hydrogen) atoms. The van der Waals surface area contributed by atoms with Gasteiger partial charge in [0.15, 0.2) is 11.6 Å². The van der Waals surface area contributed by atoms with Crippen molar-refractivity contribution in [3.05, 3.63) is 71.3 Å². The summed E-state index contributed by atoms with van der Waals surface area (Å²) in [6, 6.07) is 16.1. The Bertz CT molecular complexity index is 878. The van der Waals surface area contributed by atoms with Crippen LogP contribution in [-0.4, -0.2) is 23.1 Å². The van der Waals surface area contributed by atoms with Gasteiger partial charge in [-0.1, -0.05) is 54.6 Å². The highest BCUT2D eigenvalue weighted by molar-refractivity contribution is 6.28. The van der Waals surface area contributed by atoms with Gasteiger partial charge in [-0.2, -0.15) is 0 Å². The van der Waals surface area contributed by atoms with Crippen molar-refractivity contribution in [1.82, 2.24) is 0 Å². The Hall–Kier alpha value is -2.88. The van der Waals surface area contributed by atoms with Crippen molar-refractivity contribution < 1.29 is 19.2 Å². The standard InChI is InChI=1S/C22H18O4/c23-18-11-10-16(20(24)17(18)12-13-6-2-1-3-7-13)19-21(25)14-8-4-5-9-15(14)22(19)26/h1-9,16-17,19H,10-12H2. The lowest BCUT2D eigenvalue weighted by atomic mass is 9.70. The molecule has 2 aliphatic carbocycles. The van der Waals surface area contributed by atoms with Crippen LogP contribution < -0.4 is 0 Å². The van der Waals surface area contributed by atoms with Gasteiger partial charge in [0.2, 0.25) is 0 Å². The summed E-state index contributed by atoms with van der Waals surface area (Å²) in [5, 5.41) is 0. The zero-order valence-corrected chi connectivity index (χ0v) is 14.2. The Morgan fingerprint density at radius 3 is 1.96 bits per heavy atom. The van der Waals surface area contributed by atoms with E-state index in [0.717, 1.165) is 5.56 Å². The van der Waals surface area contributed by atoms with Crippen LogP contribution in [0.3, 0.4) is 0 Å². The van der Waals surface area contributed by atoms with Crippen LogP contribution in [0.2, 0.25) is 0 Å². The van der Waals surface area contributed by atoms with E-state index >= 15 is 0 Å². The Balaban J connectivity index is 1.62. The van der Waals surface area contributed by atoms with E-state index in [2.05, 4.69) is 0 Å². The second kappa shape index (κ2) is 6.45. The van der Waals surface area contributed by atoms with Crippen LogP contribution in [0.1, 0.15) is 39.1 Å². The molecule has 0 amide bonds. The van der Waals surface area contributed by atoms with Crippen LogP contribution in [0.4, 0.5) is 0 Å². The fourth-order valence-electron chi connectivity index (χ4n) is 4.16. The Morgan fingerprint density at radius 1 is 0.769 bits per heavy atom. The van der Waals surface area contributed by atoms with Crippen LogP contribution in [0.5, 0.6) is 0 Å². The highest BCUT2D eigenvalue weighted by atomic mass is 16.2. The minimum absolute atomic E-state index is 0.0921. The molecule has 4 heteroatoms. The quantitative estimate of drug-likeness (QED) is 0.801. The molecule has 2 unspecified atom stereocenters. The van der Waals surface area contributed by atoms with Gasteiger partial charge in [0.25, 0.3) is 0 Å². The first kappa shape index (κ1) is 16.6. The van der Waals surface area contributed by atoms with Gasteiger partial charge < -0.3 is 0 Å². The number of hydrogen-bond donors (Lipinski definition) is 0. The number of Topliss-reactive ketones (excluding diaryl/α,β-unsaturated/α-hetero) is 4. The predicted octanol–water partition coefficient (Wildman–Crippen LogP) is 3.09. The number of rotatable bonds is 3. The topological polar surface area (TPSA) is 68.3 Å². The van der Waals surface area contributed by atoms with E-state index in [0.29, 0.717) is 17.5 Å². The van der Waals surface area contributed by atoms with Gasteiger partial charge >= 0.3 is 0 Å². The fourth-order valence-corrected chi connectivity index (χ4v) is 4.16. The smallest absolute Gasteiger partial charge is 0.175 e. The van der Waals surface area contributed by atoms with Crippen LogP contribution in [0.25, 0.3) is 0 Å². The predicted molar refractivity (Wildman–Crippen MR) is 95.0 cm³/mol. The van der Waals surface area contributed by atoms with Gasteiger partial charge in [-0.05, 0) is 18.4 Å². The zero-order chi connectivity index (χ0) is 18.3.